The number of hydrogen-bond acceptors (Lipinski definition) is 3. The molecule has 1 saturated heterocycles. The lowest BCUT2D eigenvalue weighted by Gasteiger charge is -2.36. The number of aryl methyl sites for hydroxylation is 2. The molecule has 4 rings (SSSR count). The minimum absolute atomic E-state index is 0.0217. The fourth-order valence-corrected chi connectivity index (χ4v) is 4.56. The first-order chi connectivity index (χ1) is 13.9. The molecule has 2 N–H and O–H groups in total. The van der Waals surface area contributed by atoms with Crippen LogP contribution in [0.2, 0.25) is 0 Å². The Morgan fingerprint density at radius 3 is 2.41 bits per heavy atom. The standard InChI is InChI=1S/C25H31N3O/c1-16-11-17(2)15-28(14-16)23-9-7-22(8-10-23)26-13-21-12-20-6-5-18(3)19(4)24(20)27-25(21)29/h5-10,12,16-17,26H,11,13-15H2,1-4H3,(H,27,29). The highest BCUT2D eigenvalue weighted by molar-refractivity contribution is 5.83. The zero-order chi connectivity index (χ0) is 20.5. The number of aromatic amines is 1. The van der Waals surface area contributed by atoms with E-state index in [9.17, 15) is 4.79 Å². The van der Waals surface area contributed by atoms with Crippen LogP contribution in [0.1, 0.15) is 37.0 Å². The van der Waals surface area contributed by atoms with Crippen LogP contribution in [0.25, 0.3) is 10.9 Å². The first-order valence-corrected chi connectivity index (χ1v) is 10.6. The second kappa shape index (κ2) is 7.94. The van der Waals surface area contributed by atoms with Crippen molar-refractivity contribution in [2.45, 2.75) is 40.7 Å². The molecule has 2 aromatic carbocycles. The Hall–Kier alpha value is -2.75. The molecule has 29 heavy (non-hydrogen) atoms. The van der Waals surface area contributed by atoms with E-state index in [4.69, 9.17) is 0 Å². The van der Waals surface area contributed by atoms with Gasteiger partial charge in [0.2, 0.25) is 0 Å². The molecule has 152 valence electrons. The van der Waals surface area contributed by atoms with Gasteiger partial charge >= 0.3 is 0 Å². The first kappa shape index (κ1) is 19.6. The summed E-state index contributed by atoms with van der Waals surface area (Å²) in [6.07, 6.45) is 1.32. The summed E-state index contributed by atoms with van der Waals surface area (Å²) in [5.41, 5.74) is 6.31. The molecule has 1 aliphatic heterocycles. The van der Waals surface area contributed by atoms with Crippen molar-refractivity contribution in [2.24, 2.45) is 11.8 Å². The number of hydrogen-bond donors (Lipinski definition) is 2. The van der Waals surface area contributed by atoms with E-state index in [1.807, 2.05) is 6.07 Å². The summed E-state index contributed by atoms with van der Waals surface area (Å²) < 4.78 is 0. The number of nitrogens with zero attached hydrogens (tertiary/aromatic N) is 1. The highest BCUT2D eigenvalue weighted by Gasteiger charge is 2.21. The number of rotatable bonds is 4. The van der Waals surface area contributed by atoms with Gasteiger partial charge in [-0.1, -0.05) is 26.0 Å². The average Bonchev–Trinajstić information content (AvgIpc) is 2.69. The van der Waals surface area contributed by atoms with Gasteiger partial charge in [-0.3, -0.25) is 4.79 Å². The SMILES string of the molecule is Cc1ccc2cc(CNc3ccc(N4CC(C)CC(C)C4)cc3)c(=O)[nH]c2c1C. The normalized spacial score (nSPS) is 19.5. The van der Waals surface area contributed by atoms with Crippen LogP contribution in [0.3, 0.4) is 0 Å². The summed E-state index contributed by atoms with van der Waals surface area (Å²) in [4.78, 5) is 18.1. The molecule has 4 nitrogen and oxygen atoms in total. The summed E-state index contributed by atoms with van der Waals surface area (Å²) >= 11 is 0. The van der Waals surface area contributed by atoms with Crippen LogP contribution in [0, 0.1) is 25.7 Å². The maximum atomic E-state index is 12.5. The number of anilines is 2. The van der Waals surface area contributed by atoms with Crippen LogP contribution < -0.4 is 15.8 Å². The second-order valence-corrected chi connectivity index (χ2v) is 8.85. The molecular formula is C25H31N3O. The van der Waals surface area contributed by atoms with Gasteiger partial charge in [0, 0.05) is 36.6 Å². The Balaban J connectivity index is 1.47. The van der Waals surface area contributed by atoms with Crippen LogP contribution in [0.4, 0.5) is 11.4 Å². The van der Waals surface area contributed by atoms with Gasteiger partial charge in [0.05, 0.1) is 5.52 Å². The van der Waals surface area contributed by atoms with E-state index < -0.39 is 0 Å². The van der Waals surface area contributed by atoms with Gasteiger partial charge in [-0.25, -0.2) is 0 Å². The molecule has 4 heteroatoms. The lowest BCUT2D eigenvalue weighted by molar-refractivity contribution is 0.357. The smallest absolute Gasteiger partial charge is 0.253 e. The Kier molecular flexibility index (Phi) is 5.35. The number of benzene rings is 2. The van der Waals surface area contributed by atoms with E-state index >= 15 is 0 Å². The monoisotopic (exact) mass is 389 g/mol. The van der Waals surface area contributed by atoms with Crippen molar-refractivity contribution < 1.29 is 0 Å². The van der Waals surface area contributed by atoms with Gasteiger partial charge in [-0.15, -0.1) is 0 Å². The van der Waals surface area contributed by atoms with Crippen LogP contribution in [-0.2, 0) is 6.54 Å². The fraction of sp³-hybridized carbons (Fsp3) is 0.400. The van der Waals surface area contributed by atoms with Gasteiger partial charge in [0.15, 0.2) is 0 Å². The molecule has 1 aliphatic rings. The Morgan fingerprint density at radius 2 is 1.72 bits per heavy atom. The quantitative estimate of drug-likeness (QED) is 0.641. The topological polar surface area (TPSA) is 48.1 Å². The van der Waals surface area contributed by atoms with Crippen molar-refractivity contribution in [2.75, 3.05) is 23.3 Å². The molecule has 0 radical (unpaired) electrons. The summed E-state index contributed by atoms with van der Waals surface area (Å²) in [6.45, 7) is 11.6. The number of nitrogens with one attached hydrogen (secondary N) is 2. The number of aromatic nitrogens is 1. The Labute approximate surface area is 173 Å². The number of H-pyrrole nitrogens is 1. The molecule has 0 aliphatic carbocycles. The number of pyridine rings is 1. The first-order valence-electron chi connectivity index (χ1n) is 10.6. The van der Waals surface area contributed by atoms with E-state index in [2.05, 4.69) is 79.3 Å². The lowest BCUT2D eigenvalue weighted by atomic mass is 9.91. The zero-order valence-corrected chi connectivity index (χ0v) is 17.9. The summed E-state index contributed by atoms with van der Waals surface area (Å²) in [6, 6.07) is 14.8. The highest BCUT2D eigenvalue weighted by atomic mass is 16.1. The van der Waals surface area contributed by atoms with Gasteiger partial charge in [0.25, 0.3) is 5.56 Å². The van der Waals surface area contributed by atoms with Crippen LogP contribution in [0.5, 0.6) is 0 Å². The second-order valence-electron chi connectivity index (χ2n) is 8.85. The summed E-state index contributed by atoms with van der Waals surface area (Å²) in [5.74, 6) is 1.48. The van der Waals surface area contributed by atoms with Gasteiger partial charge in [0.1, 0.15) is 0 Å². The summed E-state index contributed by atoms with van der Waals surface area (Å²) in [7, 11) is 0. The van der Waals surface area contributed by atoms with Crippen molar-refractivity contribution in [1.82, 2.24) is 4.98 Å². The Morgan fingerprint density at radius 1 is 1.03 bits per heavy atom. The minimum atomic E-state index is -0.0217. The van der Waals surface area contributed by atoms with Crippen molar-refractivity contribution in [3.63, 3.8) is 0 Å². The third-order valence-corrected chi connectivity index (χ3v) is 6.21. The fourth-order valence-electron chi connectivity index (χ4n) is 4.56. The third-order valence-electron chi connectivity index (χ3n) is 6.21. The molecule has 2 heterocycles. The summed E-state index contributed by atoms with van der Waals surface area (Å²) in [5, 5.41) is 4.48. The Bertz CT molecular complexity index is 1060. The van der Waals surface area contributed by atoms with Crippen LogP contribution >= 0.6 is 0 Å². The van der Waals surface area contributed by atoms with Crippen LogP contribution in [0.15, 0.2) is 47.3 Å². The van der Waals surface area contributed by atoms with E-state index in [1.54, 1.807) is 0 Å². The predicted octanol–water partition coefficient (Wildman–Crippen LogP) is 5.24. The molecular weight excluding hydrogens is 358 g/mol. The molecule has 0 spiro atoms. The lowest BCUT2D eigenvalue weighted by Crippen LogP contribution is -2.38. The largest absolute Gasteiger partial charge is 0.381 e. The minimum Gasteiger partial charge on any atom is -0.381 e. The van der Waals surface area contributed by atoms with Crippen molar-refractivity contribution in [1.29, 1.82) is 0 Å². The molecule has 3 aromatic rings. The molecule has 2 unspecified atom stereocenters. The van der Waals surface area contributed by atoms with Crippen molar-refractivity contribution in [3.8, 4) is 0 Å². The average molecular weight is 390 g/mol. The van der Waals surface area contributed by atoms with Gasteiger partial charge in [-0.2, -0.15) is 0 Å². The van der Waals surface area contributed by atoms with E-state index in [1.165, 1.54) is 17.7 Å². The van der Waals surface area contributed by atoms with E-state index in [0.29, 0.717) is 6.54 Å². The molecule has 1 fully saturated rings. The highest BCUT2D eigenvalue weighted by Crippen LogP contribution is 2.27. The molecule has 2 atom stereocenters. The maximum Gasteiger partial charge on any atom is 0.253 e. The van der Waals surface area contributed by atoms with Gasteiger partial charge in [-0.05, 0) is 78.9 Å². The van der Waals surface area contributed by atoms with Gasteiger partial charge < -0.3 is 15.2 Å². The molecule has 1 aromatic heterocycles. The van der Waals surface area contributed by atoms with Crippen molar-refractivity contribution in [3.05, 3.63) is 69.5 Å². The maximum absolute atomic E-state index is 12.5. The molecule has 0 saturated carbocycles. The zero-order valence-electron chi connectivity index (χ0n) is 17.9. The number of fused-ring (bicyclic) bond motifs is 1. The van der Waals surface area contributed by atoms with Crippen LogP contribution in [-0.4, -0.2) is 18.1 Å². The third kappa shape index (κ3) is 4.16. The molecule has 0 amide bonds. The van der Waals surface area contributed by atoms with Crippen molar-refractivity contribution >= 4 is 22.3 Å². The molecule has 0 bridgehead atoms. The predicted molar refractivity (Wildman–Crippen MR) is 123 cm³/mol. The van der Waals surface area contributed by atoms with E-state index in [0.717, 1.165) is 52.6 Å². The van der Waals surface area contributed by atoms with E-state index in [-0.39, 0.29) is 5.56 Å². The number of piperidine rings is 1.